The summed E-state index contributed by atoms with van der Waals surface area (Å²) in [5.74, 6) is 0. The fraction of sp³-hybridized carbons (Fsp3) is 0.326. The number of rotatable bonds is 0. The molecule has 0 aliphatic heterocycles. The summed E-state index contributed by atoms with van der Waals surface area (Å²) in [6, 6.07) is 32.6. The van der Waals surface area contributed by atoms with Gasteiger partial charge in [0.1, 0.15) is 0 Å². The maximum absolute atomic E-state index is 3.69. The van der Waals surface area contributed by atoms with E-state index in [0.29, 0.717) is 0 Å². The van der Waals surface area contributed by atoms with Crippen molar-refractivity contribution < 1.29 is 24.2 Å². The van der Waals surface area contributed by atoms with Crippen LogP contribution in [-0.4, -0.2) is 4.21 Å². The molecule has 0 saturated heterocycles. The van der Waals surface area contributed by atoms with Crippen LogP contribution in [0.4, 0.5) is 0 Å². The van der Waals surface area contributed by atoms with Crippen molar-refractivity contribution in [2.45, 2.75) is 92.9 Å². The van der Waals surface area contributed by atoms with Gasteiger partial charge in [0.15, 0.2) is 0 Å². The molecular weight excluding hydrogens is 608 g/mol. The number of aryl methyl sites for hydroxylation is 4. The van der Waals surface area contributed by atoms with Gasteiger partial charge >= 0.3 is 28.4 Å². The van der Waals surface area contributed by atoms with E-state index in [9.17, 15) is 0 Å². The van der Waals surface area contributed by atoms with Crippen molar-refractivity contribution in [2.75, 3.05) is 0 Å². The summed E-state index contributed by atoms with van der Waals surface area (Å²) in [4.78, 5) is 0. The summed E-state index contributed by atoms with van der Waals surface area (Å²) in [6.45, 7) is 22.4. The predicted octanol–water partition coefficient (Wildman–Crippen LogP) is 11.1. The first-order chi connectivity index (χ1) is 20.8. The fourth-order valence-corrected chi connectivity index (χ4v) is 5.30. The zero-order valence-electron chi connectivity index (χ0n) is 28.7. The molecule has 0 spiro atoms. The number of benzene rings is 4. The summed E-state index contributed by atoms with van der Waals surface area (Å²) in [5.41, 5.74) is 14.2. The molecule has 0 N–H and O–H groups in total. The van der Waals surface area contributed by atoms with E-state index in [-0.39, 0.29) is 10.8 Å². The Morgan fingerprint density at radius 3 is 1.55 bits per heavy atom. The van der Waals surface area contributed by atoms with E-state index in [0.717, 1.165) is 12.8 Å². The molecule has 4 aromatic carbocycles. The molecule has 0 fully saturated rings. The SMILES string of the molecule is Cc1[c-]c2c(cc1C(C)(C)C)-c1cc(C(C)(C)C)c(C)cc1C2.Cc1cc[c-]cc1.Cc1cc[c-]cc1.[C-]1=CC=CC1.[CH2]=[Zr]. The van der Waals surface area contributed by atoms with E-state index in [4.69, 9.17) is 0 Å². The quantitative estimate of drug-likeness (QED) is 0.145. The molecule has 44 heavy (non-hydrogen) atoms. The van der Waals surface area contributed by atoms with Gasteiger partial charge in [-0.25, -0.2) is 12.2 Å². The molecular formula is C43H50Zr-4. The third kappa shape index (κ3) is 11.6. The van der Waals surface area contributed by atoms with Crippen LogP contribution < -0.4 is 0 Å². The van der Waals surface area contributed by atoms with Crippen LogP contribution in [0.5, 0.6) is 0 Å². The molecule has 0 heterocycles. The molecule has 2 aliphatic rings. The summed E-state index contributed by atoms with van der Waals surface area (Å²) in [7, 11) is 0. The van der Waals surface area contributed by atoms with Crippen LogP contribution in [0.15, 0.2) is 85.0 Å². The van der Waals surface area contributed by atoms with Crippen molar-refractivity contribution in [2.24, 2.45) is 0 Å². The van der Waals surface area contributed by atoms with Gasteiger partial charge in [-0.15, -0.1) is 23.1 Å². The molecule has 0 bridgehead atoms. The van der Waals surface area contributed by atoms with Crippen LogP contribution in [0.2, 0.25) is 0 Å². The zero-order valence-corrected chi connectivity index (χ0v) is 31.2. The molecule has 0 atom stereocenters. The van der Waals surface area contributed by atoms with Gasteiger partial charge in [-0.1, -0.05) is 85.4 Å². The Hall–Kier alpha value is -2.89. The number of allylic oxidation sites excluding steroid dienone is 4. The first-order valence-corrected chi connectivity index (χ1v) is 17.1. The number of hydrogen-bond donors (Lipinski definition) is 0. The molecule has 0 amide bonds. The fourth-order valence-electron chi connectivity index (χ4n) is 5.30. The van der Waals surface area contributed by atoms with Crippen LogP contribution in [-0.2, 0) is 41.5 Å². The van der Waals surface area contributed by atoms with Crippen LogP contribution >= 0.6 is 0 Å². The van der Waals surface area contributed by atoms with Gasteiger partial charge in [0.2, 0.25) is 0 Å². The number of fused-ring (bicyclic) bond motifs is 3. The molecule has 0 radical (unpaired) electrons. The second-order valence-corrected chi connectivity index (χ2v) is 13.4. The van der Waals surface area contributed by atoms with Crippen molar-refractivity contribution >= 4 is 4.21 Å². The van der Waals surface area contributed by atoms with Gasteiger partial charge in [0, 0.05) is 0 Å². The Morgan fingerprint density at radius 2 is 1.18 bits per heavy atom. The van der Waals surface area contributed by atoms with Crippen molar-refractivity contribution in [3.63, 3.8) is 0 Å². The van der Waals surface area contributed by atoms with Crippen LogP contribution in [0.25, 0.3) is 11.1 Å². The molecule has 0 aromatic heterocycles. The molecule has 1 heteroatoms. The van der Waals surface area contributed by atoms with Crippen molar-refractivity contribution in [3.05, 3.63) is 154 Å². The summed E-state index contributed by atoms with van der Waals surface area (Å²) >= 11 is 1.30. The second-order valence-electron chi connectivity index (χ2n) is 13.4. The monoisotopic (exact) mass is 656 g/mol. The van der Waals surface area contributed by atoms with Gasteiger partial charge in [0.25, 0.3) is 0 Å². The Kier molecular flexibility index (Phi) is 14.9. The summed E-state index contributed by atoms with van der Waals surface area (Å²) < 4.78 is 3.34. The minimum atomic E-state index is 0.163. The van der Waals surface area contributed by atoms with E-state index in [1.54, 1.807) is 0 Å². The molecule has 230 valence electrons. The van der Waals surface area contributed by atoms with Gasteiger partial charge in [0.05, 0.1) is 0 Å². The summed E-state index contributed by atoms with van der Waals surface area (Å²) in [5, 5.41) is 0. The van der Waals surface area contributed by atoms with Crippen LogP contribution in [0.1, 0.15) is 92.5 Å². The minimum absolute atomic E-state index is 0.163. The molecule has 0 unspecified atom stereocenters. The molecule has 6 rings (SSSR count). The Bertz CT molecular complexity index is 1390. The Morgan fingerprint density at radius 1 is 0.682 bits per heavy atom. The van der Waals surface area contributed by atoms with Crippen molar-refractivity contribution in [1.29, 1.82) is 0 Å². The normalized spacial score (nSPS) is 12.1. The summed E-state index contributed by atoms with van der Waals surface area (Å²) in [6.07, 6.45) is 11.0. The molecule has 4 aromatic rings. The third-order valence-corrected chi connectivity index (χ3v) is 7.44. The van der Waals surface area contributed by atoms with E-state index < -0.39 is 0 Å². The first kappa shape index (κ1) is 37.3. The Balaban J connectivity index is 0.000000258. The predicted molar refractivity (Wildman–Crippen MR) is 189 cm³/mol. The van der Waals surface area contributed by atoms with Crippen LogP contribution in [0, 0.1) is 52.0 Å². The van der Waals surface area contributed by atoms with Crippen molar-refractivity contribution in [1.82, 2.24) is 0 Å². The first-order valence-electron chi connectivity index (χ1n) is 15.4. The van der Waals surface area contributed by atoms with Crippen molar-refractivity contribution in [3.8, 4) is 11.1 Å². The molecule has 2 aliphatic carbocycles. The van der Waals surface area contributed by atoms with E-state index >= 15 is 0 Å². The maximum atomic E-state index is 3.69. The van der Waals surface area contributed by atoms with E-state index in [1.165, 1.54) is 79.9 Å². The Labute approximate surface area is 284 Å². The third-order valence-electron chi connectivity index (χ3n) is 7.44. The zero-order chi connectivity index (χ0) is 32.9. The van der Waals surface area contributed by atoms with Gasteiger partial charge < -0.3 is 0 Å². The average molecular weight is 658 g/mol. The molecule has 0 saturated carbocycles. The second kappa shape index (κ2) is 17.6. The van der Waals surface area contributed by atoms with Crippen LogP contribution in [0.3, 0.4) is 0 Å². The number of hydrogen-bond acceptors (Lipinski definition) is 0. The van der Waals surface area contributed by atoms with Gasteiger partial charge in [-0.05, 0) is 35.4 Å². The average Bonchev–Trinajstić information content (AvgIpc) is 3.65. The van der Waals surface area contributed by atoms with E-state index in [1.807, 2.05) is 60.7 Å². The molecule has 0 nitrogen and oxygen atoms in total. The van der Waals surface area contributed by atoms with E-state index in [2.05, 4.69) is 122 Å². The van der Waals surface area contributed by atoms with Gasteiger partial charge in [-0.2, -0.15) is 95.6 Å². The van der Waals surface area contributed by atoms with Gasteiger partial charge in [-0.3, -0.25) is 6.08 Å². The standard InChI is InChI=1S/C23H29.2C7H7.C5H5.CH2.Zr/c1-14-9-16-11-17-10-15(2)21(23(6,7)8)13-19(17)18(16)12-20(14)22(3,4)5;2*1-7-5-3-2-4-6-7;1-2-4-5-3-1;;/h9,12-13H,11H2,1-8H3;2*3-6H,1H3;1-3H,4H2;1H2;/q4*-1;;. The topological polar surface area (TPSA) is 0 Å².